The maximum atomic E-state index is 13.7. The number of nitro groups is 1. The second-order valence-corrected chi connectivity index (χ2v) is 12.6. The maximum Gasteiger partial charge on any atom is 0.407 e. The Balaban J connectivity index is 1.36. The van der Waals surface area contributed by atoms with Gasteiger partial charge in [-0.05, 0) is 37.3 Å². The average molecular weight is 606 g/mol. The molecule has 2 N–H and O–H groups in total. The smallest absolute Gasteiger partial charge is 0.407 e. The molecule has 2 aromatic rings. The number of amides is 1. The van der Waals surface area contributed by atoms with Crippen molar-refractivity contribution in [2.24, 2.45) is 5.92 Å². The fourth-order valence-corrected chi connectivity index (χ4v) is 6.87. The van der Waals surface area contributed by atoms with Crippen molar-refractivity contribution in [1.29, 1.82) is 0 Å². The van der Waals surface area contributed by atoms with E-state index in [1.807, 2.05) is 30.3 Å². The molecule has 0 aromatic heterocycles. The minimum absolute atomic E-state index is 0.0800. The van der Waals surface area contributed by atoms with Crippen LogP contribution in [0.4, 0.5) is 10.5 Å². The Morgan fingerprint density at radius 2 is 1.88 bits per heavy atom. The number of sulfonamides is 1. The highest BCUT2D eigenvalue weighted by Crippen LogP contribution is 2.33. The molecule has 1 amide bonds. The quantitative estimate of drug-likeness (QED) is 0.271. The first-order valence-electron chi connectivity index (χ1n) is 14.1. The van der Waals surface area contributed by atoms with E-state index in [9.17, 15) is 28.4 Å². The number of nitro benzene ring substituents is 1. The number of hydroxylamine groups is 1. The van der Waals surface area contributed by atoms with Gasteiger partial charge in [-0.1, -0.05) is 53.7 Å². The Bertz CT molecular complexity index is 1340. The average Bonchev–Trinajstić information content (AvgIpc) is 3.74. The number of rotatable bonds is 12. The van der Waals surface area contributed by atoms with Crippen molar-refractivity contribution in [3.05, 3.63) is 70.3 Å². The molecule has 2 aliphatic heterocycles. The van der Waals surface area contributed by atoms with Crippen LogP contribution >= 0.6 is 0 Å². The molecule has 5 atom stereocenters. The van der Waals surface area contributed by atoms with Crippen LogP contribution in [0, 0.1) is 16.0 Å². The minimum Gasteiger partial charge on any atom is -0.443 e. The molecule has 13 nitrogen and oxygen atoms in total. The van der Waals surface area contributed by atoms with Gasteiger partial charge in [-0.3, -0.25) is 15.0 Å². The molecule has 228 valence electrons. The molecule has 2 saturated heterocycles. The van der Waals surface area contributed by atoms with Crippen LogP contribution in [0.15, 0.2) is 59.5 Å². The third-order valence-corrected chi connectivity index (χ3v) is 9.43. The second kappa shape index (κ2) is 13.4. The van der Waals surface area contributed by atoms with Crippen LogP contribution in [0.3, 0.4) is 0 Å². The van der Waals surface area contributed by atoms with E-state index in [0.717, 1.165) is 24.5 Å². The molecular formula is C28H35N3O10S. The number of carbonyl (C=O) groups excluding carboxylic acids is 1. The van der Waals surface area contributed by atoms with E-state index in [0.29, 0.717) is 30.3 Å². The van der Waals surface area contributed by atoms with E-state index in [2.05, 4.69) is 5.32 Å². The first-order valence-corrected chi connectivity index (χ1v) is 15.5. The van der Waals surface area contributed by atoms with Crippen molar-refractivity contribution < 1.29 is 42.3 Å². The van der Waals surface area contributed by atoms with Gasteiger partial charge in [0, 0.05) is 12.1 Å². The van der Waals surface area contributed by atoms with Gasteiger partial charge in [-0.25, -0.2) is 13.2 Å². The number of ether oxygens (including phenoxy) is 3. The maximum absolute atomic E-state index is 13.7. The van der Waals surface area contributed by atoms with Crippen molar-refractivity contribution in [3.63, 3.8) is 0 Å². The lowest BCUT2D eigenvalue weighted by Crippen LogP contribution is -2.51. The van der Waals surface area contributed by atoms with Gasteiger partial charge in [0.1, 0.15) is 6.10 Å². The predicted octanol–water partition coefficient (Wildman–Crippen LogP) is 2.92. The molecule has 3 aliphatic rings. The number of carbonyl (C=O) groups is 1. The summed E-state index contributed by atoms with van der Waals surface area (Å²) in [6.07, 6.45) is 0.311. The third kappa shape index (κ3) is 7.25. The van der Waals surface area contributed by atoms with Gasteiger partial charge in [0.2, 0.25) is 0 Å². The normalized spacial score (nSPS) is 23.9. The molecule has 0 bridgehead atoms. The van der Waals surface area contributed by atoms with Crippen LogP contribution in [-0.2, 0) is 35.5 Å². The largest absolute Gasteiger partial charge is 0.443 e. The van der Waals surface area contributed by atoms with Gasteiger partial charge in [0.15, 0.2) is 6.29 Å². The highest BCUT2D eigenvalue weighted by Gasteiger charge is 2.44. The van der Waals surface area contributed by atoms with Crippen LogP contribution in [0.2, 0.25) is 0 Å². The van der Waals surface area contributed by atoms with Crippen LogP contribution < -0.4 is 5.32 Å². The molecular weight excluding hydrogens is 570 g/mol. The Kier molecular flexibility index (Phi) is 9.70. The van der Waals surface area contributed by atoms with E-state index in [4.69, 9.17) is 19.0 Å². The van der Waals surface area contributed by atoms with Gasteiger partial charge < -0.3 is 24.6 Å². The molecule has 0 radical (unpaired) electrons. The lowest BCUT2D eigenvalue weighted by Gasteiger charge is -2.30. The summed E-state index contributed by atoms with van der Waals surface area (Å²) in [7, 11) is -4.43. The number of alkyl carbamates (subject to hydrolysis) is 1. The van der Waals surface area contributed by atoms with Gasteiger partial charge in [-0.15, -0.1) is 0 Å². The molecule has 5 rings (SSSR count). The van der Waals surface area contributed by atoms with Crippen LogP contribution in [0.25, 0.3) is 0 Å². The molecule has 2 aromatic carbocycles. The second-order valence-electron chi connectivity index (χ2n) is 10.7. The third-order valence-electron chi connectivity index (χ3n) is 7.81. The number of benzene rings is 2. The summed E-state index contributed by atoms with van der Waals surface area (Å²) in [6, 6.07) is 12.8. The standard InChI is InChI=1S/C28H35N3O10S/c32-25(17-30(41-21-10-4-5-11-21)42(36,37)22-12-6-9-20(16-22)31(34)35)24(15-19-7-2-1-3-8-19)29-28(33)40-26-18-39-27-23(26)13-14-38-27/h1-3,6-9,12,16,21,23-27,32H,4-5,10-11,13-15,17-18H2,(H,29,33)/t23-,24-,25-,26-,27+/m0/s1. The Labute approximate surface area is 243 Å². The number of non-ortho nitro benzene ring substituents is 1. The van der Waals surface area contributed by atoms with Crippen molar-refractivity contribution in [1.82, 2.24) is 9.79 Å². The first-order chi connectivity index (χ1) is 20.2. The zero-order chi connectivity index (χ0) is 29.7. The van der Waals surface area contributed by atoms with Gasteiger partial charge in [0.05, 0.1) is 53.7 Å². The molecule has 2 heterocycles. The fourth-order valence-electron chi connectivity index (χ4n) is 5.53. The monoisotopic (exact) mass is 605 g/mol. The van der Waals surface area contributed by atoms with Crippen LogP contribution in [0.1, 0.15) is 37.7 Å². The van der Waals surface area contributed by atoms with Gasteiger partial charge >= 0.3 is 6.09 Å². The number of aliphatic hydroxyl groups excluding tert-OH is 1. The summed E-state index contributed by atoms with van der Waals surface area (Å²) >= 11 is 0. The van der Waals surface area contributed by atoms with E-state index >= 15 is 0 Å². The zero-order valence-corrected chi connectivity index (χ0v) is 23.8. The number of fused-ring (bicyclic) bond motifs is 1. The Morgan fingerprint density at radius 1 is 1.12 bits per heavy atom. The number of hydrogen-bond donors (Lipinski definition) is 2. The van der Waals surface area contributed by atoms with E-state index in [1.54, 1.807) is 0 Å². The topological polar surface area (TPSA) is 167 Å². The van der Waals surface area contributed by atoms with Crippen molar-refractivity contribution in [3.8, 4) is 0 Å². The van der Waals surface area contributed by atoms with Crippen molar-refractivity contribution in [2.45, 2.75) is 74.1 Å². The summed E-state index contributed by atoms with van der Waals surface area (Å²) < 4.78 is 44.8. The van der Waals surface area contributed by atoms with Crippen molar-refractivity contribution in [2.75, 3.05) is 19.8 Å². The summed E-state index contributed by atoms with van der Waals surface area (Å²) in [4.78, 5) is 29.2. The highest BCUT2D eigenvalue weighted by molar-refractivity contribution is 7.89. The number of hydrogen-bond acceptors (Lipinski definition) is 10. The summed E-state index contributed by atoms with van der Waals surface area (Å²) in [5, 5.41) is 25.4. The Morgan fingerprint density at radius 3 is 2.62 bits per heavy atom. The minimum atomic E-state index is -4.43. The Hall–Kier alpha value is -3.14. The molecule has 0 spiro atoms. The van der Waals surface area contributed by atoms with Crippen LogP contribution in [0.5, 0.6) is 0 Å². The number of nitrogens with zero attached hydrogens (tertiary/aromatic N) is 2. The van der Waals surface area contributed by atoms with Gasteiger partial charge in [-0.2, -0.15) is 0 Å². The number of aliphatic hydroxyl groups is 1. The number of nitrogens with one attached hydrogen (secondary N) is 1. The SMILES string of the molecule is O=C(N[C@@H](Cc1ccccc1)[C@@H](O)CN(OC1CCCC1)S(=O)(=O)c1cccc([N+](=O)[O-])c1)O[C@H]1CO[C@H]2OCC[C@H]21. The molecule has 1 saturated carbocycles. The molecule has 42 heavy (non-hydrogen) atoms. The lowest BCUT2D eigenvalue weighted by molar-refractivity contribution is -0.385. The van der Waals surface area contributed by atoms with Gasteiger partial charge in [0.25, 0.3) is 15.7 Å². The molecule has 14 heteroatoms. The fraction of sp³-hybridized carbons (Fsp3) is 0.536. The molecule has 1 aliphatic carbocycles. The van der Waals surface area contributed by atoms with E-state index in [1.165, 1.54) is 18.2 Å². The van der Waals surface area contributed by atoms with Crippen molar-refractivity contribution >= 4 is 21.8 Å². The summed E-state index contributed by atoms with van der Waals surface area (Å²) in [5.74, 6) is -0.0800. The summed E-state index contributed by atoms with van der Waals surface area (Å²) in [5.41, 5.74) is 0.398. The molecule has 3 fully saturated rings. The van der Waals surface area contributed by atoms with E-state index < -0.39 is 63.9 Å². The van der Waals surface area contributed by atoms with E-state index in [-0.39, 0.29) is 23.8 Å². The lowest BCUT2D eigenvalue weighted by atomic mass is 10.0. The van der Waals surface area contributed by atoms with Crippen LogP contribution in [-0.4, -0.2) is 79.4 Å². The first kappa shape index (κ1) is 30.3. The predicted molar refractivity (Wildman–Crippen MR) is 147 cm³/mol. The summed E-state index contributed by atoms with van der Waals surface area (Å²) in [6.45, 7) is 0.172. The highest BCUT2D eigenvalue weighted by atomic mass is 32.2. The zero-order valence-electron chi connectivity index (χ0n) is 22.9. The molecule has 0 unspecified atom stereocenters.